The SMILES string of the molecule is CCC(C)(C)N(C)Cc1cc(CNC(C)C)ccc1F. The highest BCUT2D eigenvalue weighted by atomic mass is 19.1. The lowest BCUT2D eigenvalue weighted by molar-refractivity contribution is 0.141. The maximum atomic E-state index is 14.0. The lowest BCUT2D eigenvalue weighted by atomic mass is 9.98. The molecule has 1 aromatic rings. The van der Waals surface area contributed by atoms with E-state index < -0.39 is 0 Å². The fraction of sp³-hybridized carbons (Fsp3) is 0.647. The number of nitrogens with zero attached hydrogens (tertiary/aromatic N) is 1. The topological polar surface area (TPSA) is 15.3 Å². The van der Waals surface area contributed by atoms with Crippen molar-refractivity contribution in [3.8, 4) is 0 Å². The standard InChI is InChI=1S/C17H29FN2/c1-7-17(4,5)20(6)12-15-10-14(8-9-16(15)18)11-19-13(2)3/h8-10,13,19H,7,11-12H2,1-6H3. The Morgan fingerprint density at radius 1 is 1.30 bits per heavy atom. The highest BCUT2D eigenvalue weighted by Gasteiger charge is 2.22. The molecule has 1 N–H and O–H groups in total. The molecule has 0 aliphatic heterocycles. The van der Waals surface area contributed by atoms with Crippen molar-refractivity contribution in [1.82, 2.24) is 10.2 Å². The molecule has 0 aliphatic rings. The summed E-state index contributed by atoms with van der Waals surface area (Å²) in [4.78, 5) is 2.21. The van der Waals surface area contributed by atoms with E-state index in [1.807, 2.05) is 12.1 Å². The van der Waals surface area contributed by atoms with Gasteiger partial charge in [0.1, 0.15) is 5.82 Å². The molecule has 0 heterocycles. The Balaban J connectivity index is 2.81. The normalized spacial score (nSPS) is 12.4. The molecule has 1 rings (SSSR count). The fourth-order valence-electron chi connectivity index (χ4n) is 1.92. The zero-order valence-electron chi connectivity index (χ0n) is 13.8. The van der Waals surface area contributed by atoms with Gasteiger partial charge in [-0.15, -0.1) is 0 Å². The van der Waals surface area contributed by atoms with E-state index >= 15 is 0 Å². The van der Waals surface area contributed by atoms with Crippen LogP contribution in [0, 0.1) is 5.82 Å². The quantitative estimate of drug-likeness (QED) is 0.813. The molecule has 1 aromatic carbocycles. The molecule has 0 aromatic heterocycles. The minimum Gasteiger partial charge on any atom is -0.310 e. The number of hydrogen-bond donors (Lipinski definition) is 1. The summed E-state index contributed by atoms with van der Waals surface area (Å²) in [5.74, 6) is -0.114. The van der Waals surface area contributed by atoms with E-state index in [1.54, 1.807) is 6.07 Å². The van der Waals surface area contributed by atoms with Crippen LogP contribution in [-0.4, -0.2) is 23.5 Å². The Morgan fingerprint density at radius 2 is 1.95 bits per heavy atom. The van der Waals surface area contributed by atoms with Gasteiger partial charge in [0.15, 0.2) is 0 Å². The molecule has 0 spiro atoms. The summed E-state index contributed by atoms with van der Waals surface area (Å²) in [6, 6.07) is 5.86. The lowest BCUT2D eigenvalue weighted by Crippen LogP contribution is -2.40. The van der Waals surface area contributed by atoms with Crippen molar-refractivity contribution in [1.29, 1.82) is 0 Å². The van der Waals surface area contributed by atoms with Crippen molar-refractivity contribution in [2.45, 2.75) is 65.7 Å². The molecule has 2 nitrogen and oxygen atoms in total. The van der Waals surface area contributed by atoms with Crippen molar-refractivity contribution < 1.29 is 4.39 Å². The number of benzene rings is 1. The number of hydrogen-bond acceptors (Lipinski definition) is 2. The summed E-state index contributed by atoms with van der Waals surface area (Å²) in [6.45, 7) is 12.2. The first-order valence-electron chi connectivity index (χ1n) is 7.48. The molecule has 0 atom stereocenters. The summed E-state index contributed by atoms with van der Waals surface area (Å²) in [5, 5.41) is 3.37. The monoisotopic (exact) mass is 280 g/mol. The molecular formula is C17H29FN2. The summed E-state index contributed by atoms with van der Waals surface area (Å²) < 4.78 is 14.0. The third-order valence-corrected chi connectivity index (χ3v) is 4.13. The van der Waals surface area contributed by atoms with Crippen LogP contribution >= 0.6 is 0 Å². The highest BCUT2D eigenvalue weighted by Crippen LogP contribution is 2.21. The largest absolute Gasteiger partial charge is 0.310 e. The van der Waals surface area contributed by atoms with Crippen LogP contribution in [0.4, 0.5) is 4.39 Å². The predicted octanol–water partition coefficient (Wildman–Crippen LogP) is 3.94. The fourth-order valence-corrected chi connectivity index (χ4v) is 1.92. The van der Waals surface area contributed by atoms with Gasteiger partial charge in [-0.1, -0.05) is 32.9 Å². The third kappa shape index (κ3) is 4.88. The lowest BCUT2D eigenvalue weighted by Gasteiger charge is -2.35. The number of rotatable bonds is 7. The molecule has 0 aliphatic carbocycles. The van der Waals surface area contributed by atoms with E-state index in [1.165, 1.54) is 0 Å². The predicted molar refractivity (Wildman–Crippen MR) is 84.2 cm³/mol. The zero-order chi connectivity index (χ0) is 15.3. The molecule has 0 unspecified atom stereocenters. The Bertz CT molecular complexity index is 427. The summed E-state index contributed by atoms with van der Waals surface area (Å²) >= 11 is 0. The Labute approximate surface area is 123 Å². The van der Waals surface area contributed by atoms with Crippen LogP contribution in [0.25, 0.3) is 0 Å². The van der Waals surface area contributed by atoms with Gasteiger partial charge in [-0.05, 0) is 38.9 Å². The molecule has 0 bridgehead atoms. The second-order valence-electron chi connectivity index (χ2n) is 6.48. The van der Waals surface area contributed by atoms with Crippen LogP contribution in [0.5, 0.6) is 0 Å². The van der Waals surface area contributed by atoms with E-state index in [9.17, 15) is 4.39 Å². The Hall–Kier alpha value is -0.930. The smallest absolute Gasteiger partial charge is 0.127 e. The first-order valence-corrected chi connectivity index (χ1v) is 7.48. The molecule has 20 heavy (non-hydrogen) atoms. The number of nitrogens with one attached hydrogen (secondary N) is 1. The van der Waals surface area contributed by atoms with E-state index in [0.29, 0.717) is 12.6 Å². The van der Waals surface area contributed by atoms with E-state index in [2.05, 4.69) is 51.9 Å². The van der Waals surface area contributed by atoms with Crippen molar-refractivity contribution in [2.24, 2.45) is 0 Å². The second kappa shape index (κ2) is 7.19. The Kier molecular flexibility index (Phi) is 6.15. The van der Waals surface area contributed by atoms with Crippen LogP contribution in [0.15, 0.2) is 18.2 Å². The Morgan fingerprint density at radius 3 is 2.50 bits per heavy atom. The van der Waals surface area contributed by atoms with Crippen molar-refractivity contribution in [3.63, 3.8) is 0 Å². The average Bonchev–Trinajstić information content (AvgIpc) is 2.39. The molecule has 0 fully saturated rings. The average molecular weight is 280 g/mol. The van der Waals surface area contributed by atoms with Gasteiger partial charge in [-0.25, -0.2) is 4.39 Å². The van der Waals surface area contributed by atoms with Gasteiger partial charge < -0.3 is 5.32 Å². The molecule has 0 saturated heterocycles. The van der Waals surface area contributed by atoms with Gasteiger partial charge >= 0.3 is 0 Å². The maximum Gasteiger partial charge on any atom is 0.127 e. The minimum atomic E-state index is -0.114. The van der Waals surface area contributed by atoms with Gasteiger partial charge in [-0.3, -0.25) is 4.90 Å². The number of halogens is 1. The summed E-state index contributed by atoms with van der Waals surface area (Å²) in [5.41, 5.74) is 1.99. The summed E-state index contributed by atoms with van der Waals surface area (Å²) in [6.07, 6.45) is 1.04. The van der Waals surface area contributed by atoms with Gasteiger partial charge in [0.05, 0.1) is 0 Å². The molecule has 114 valence electrons. The molecule has 0 saturated carbocycles. The van der Waals surface area contributed by atoms with Crippen LogP contribution in [-0.2, 0) is 13.1 Å². The van der Waals surface area contributed by atoms with Gasteiger partial charge in [0.2, 0.25) is 0 Å². The van der Waals surface area contributed by atoms with E-state index in [4.69, 9.17) is 0 Å². The van der Waals surface area contributed by atoms with Crippen LogP contribution in [0.2, 0.25) is 0 Å². The van der Waals surface area contributed by atoms with E-state index in [0.717, 1.165) is 24.1 Å². The van der Waals surface area contributed by atoms with Crippen molar-refractivity contribution in [3.05, 3.63) is 35.1 Å². The van der Waals surface area contributed by atoms with Gasteiger partial charge in [0, 0.05) is 30.2 Å². The molecule has 0 radical (unpaired) electrons. The van der Waals surface area contributed by atoms with Crippen LogP contribution < -0.4 is 5.32 Å². The van der Waals surface area contributed by atoms with E-state index in [-0.39, 0.29) is 11.4 Å². The van der Waals surface area contributed by atoms with Crippen LogP contribution in [0.3, 0.4) is 0 Å². The zero-order valence-corrected chi connectivity index (χ0v) is 13.8. The molecule has 3 heteroatoms. The first-order chi connectivity index (χ1) is 9.26. The van der Waals surface area contributed by atoms with Crippen molar-refractivity contribution >= 4 is 0 Å². The maximum absolute atomic E-state index is 14.0. The third-order valence-electron chi connectivity index (χ3n) is 4.13. The minimum absolute atomic E-state index is 0.0820. The van der Waals surface area contributed by atoms with Crippen LogP contribution in [0.1, 0.15) is 52.2 Å². The van der Waals surface area contributed by atoms with Gasteiger partial charge in [-0.2, -0.15) is 0 Å². The molecule has 0 amide bonds. The first kappa shape index (κ1) is 17.1. The van der Waals surface area contributed by atoms with Gasteiger partial charge in [0.25, 0.3) is 0 Å². The summed E-state index contributed by atoms with van der Waals surface area (Å²) in [7, 11) is 2.06. The molecular weight excluding hydrogens is 251 g/mol. The second-order valence-corrected chi connectivity index (χ2v) is 6.48. The van der Waals surface area contributed by atoms with Crippen molar-refractivity contribution in [2.75, 3.05) is 7.05 Å². The highest BCUT2D eigenvalue weighted by molar-refractivity contribution is 5.25.